The van der Waals surface area contributed by atoms with E-state index in [1.807, 2.05) is 6.92 Å². The van der Waals surface area contributed by atoms with Gasteiger partial charge in [0.1, 0.15) is 5.52 Å². The Morgan fingerprint density at radius 3 is 2.94 bits per heavy atom. The van der Waals surface area contributed by atoms with Gasteiger partial charge in [-0.2, -0.15) is 0 Å². The van der Waals surface area contributed by atoms with Gasteiger partial charge in [0.25, 0.3) is 5.56 Å². The van der Waals surface area contributed by atoms with Gasteiger partial charge in [-0.15, -0.1) is 0 Å². The van der Waals surface area contributed by atoms with Crippen molar-refractivity contribution in [1.29, 1.82) is 0 Å². The predicted molar refractivity (Wildman–Crippen MR) is 63.7 cm³/mol. The molecule has 0 aromatic carbocycles. The van der Waals surface area contributed by atoms with E-state index in [4.69, 9.17) is 0 Å². The molecule has 1 N–H and O–H groups in total. The van der Waals surface area contributed by atoms with Crippen LogP contribution < -0.4 is 5.56 Å². The molecule has 3 nitrogen and oxygen atoms in total. The lowest BCUT2D eigenvalue weighted by Crippen LogP contribution is -2.14. The van der Waals surface area contributed by atoms with Crippen molar-refractivity contribution in [2.45, 2.75) is 32.6 Å². The number of H-pyrrole nitrogens is 1. The van der Waals surface area contributed by atoms with Crippen LogP contribution in [0.1, 0.15) is 30.0 Å². The first-order chi connectivity index (χ1) is 8.22. The molecule has 0 saturated carbocycles. The van der Waals surface area contributed by atoms with Crippen molar-refractivity contribution in [3.8, 4) is 0 Å². The number of pyridine rings is 2. The smallest absolute Gasteiger partial charge is 0.252 e. The zero-order valence-corrected chi connectivity index (χ0v) is 9.64. The molecule has 0 fully saturated rings. The van der Waals surface area contributed by atoms with Crippen LogP contribution in [0.2, 0.25) is 0 Å². The molecule has 1 aliphatic rings. The third-order valence-corrected chi connectivity index (χ3v) is 3.48. The first kappa shape index (κ1) is 10.4. The van der Waals surface area contributed by atoms with E-state index in [1.165, 1.54) is 0 Å². The lowest BCUT2D eigenvalue weighted by atomic mass is 10.1. The van der Waals surface area contributed by atoms with E-state index in [0.717, 1.165) is 30.4 Å². The lowest BCUT2D eigenvalue weighted by molar-refractivity contribution is 0.619. The van der Waals surface area contributed by atoms with Gasteiger partial charge in [0, 0.05) is 17.3 Å². The molecule has 0 saturated heterocycles. The summed E-state index contributed by atoms with van der Waals surface area (Å²) in [4.78, 5) is 18.8. The summed E-state index contributed by atoms with van der Waals surface area (Å²) >= 11 is 0. The van der Waals surface area contributed by atoms with Crippen molar-refractivity contribution < 1.29 is 4.39 Å². The fourth-order valence-electron chi connectivity index (χ4n) is 2.56. The minimum atomic E-state index is -0.329. The van der Waals surface area contributed by atoms with E-state index in [2.05, 4.69) is 9.97 Å². The number of aromatic nitrogens is 2. The molecule has 88 valence electrons. The Morgan fingerprint density at radius 1 is 1.41 bits per heavy atom. The Morgan fingerprint density at radius 2 is 2.18 bits per heavy atom. The fourth-order valence-corrected chi connectivity index (χ4v) is 2.56. The number of halogens is 1. The summed E-state index contributed by atoms with van der Waals surface area (Å²) in [5.74, 6) is -0.329. The molecule has 4 heteroatoms. The van der Waals surface area contributed by atoms with E-state index in [1.54, 1.807) is 6.20 Å². The van der Waals surface area contributed by atoms with Crippen LogP contribution in [0.25, 0.3) is 11.0 Å². The molecular formula is C13H13FN2O. The highest BCUT2D eigenvalue weighted by atomic mass is 19.1. The van der Waals surface area contributed by atoms with Crippen molar-refractivity contribution in [3.63, 3.8) is 0 Å². The molecule has 2 aromatic heterocycles. The number of hydrogen-bond acceptors (Lipinski definition) is 2. The highest BCUT2D eigenvalue weighted by Gasteiger charge is 2.20. The highest BCUT2D eigenvalue weighted by Crippen LogP contribution is 2.26. The molecule has 0 unspecified atom stereocenters. The molecule has 2 aromatic rings. The number of hydrogen-bond donors (Lipinski definition) is 1. The number of aromatic amines is 1. The number of aryl methyl sites for hydroxylation is 2. The number of rotatable bonds is 1. The van der Waals surface area contributed by atoms with Crippen molar-refractivity contribution >= 4 is 11.0 Å². The average Bonchev–Trinajstić information content (AvgIpc) is 2.81. The first-order valence-electron chi connectivity index (χ1n) is 5.93. The van der Waals surface area contributed by atoms with Gasteiger partial charge >= 0.3 is 0 Å². The van der Waals surface area contributed by atoms with E-state index < -0.39 is 0 Å². The van der Waals surface area contributed by atoms with E-state index >= 15 is 0 Å². The predicted octanol–water partition coefficient (Wildman–Crippen LogP) is 2.11. The van der Waals surface area contributed by atoms with Crippen LogP contribution in [-0.2, 0) is 19.3 Å². The van der Waals surface area contributed by atoms with Crippen molar-refractivity contribution in [2.75, 3.05) is 0 Å². The second-order valence-corrected chi connectivity index (χ2v) is 4.44. The largest absolute Gasteiger partial charge is 0.318 e. The van der Waals surface area contributed by atoms with E-state index in [-0.39, 0.29) is 16.9 Å². The number of nitrogens with zero attached hydrogens (tertiary/aromatic N) is 1. The maximum atomic E-state index is 14.1. The van der Waals surface area contributed by atoms with Gasteiger partial charge < -0.3 is 4.98 Å². The Balaban J connectivity index is 2.45. The Labute approximate surface area is 97.7 Å². The Bertz CT molecular complexity index is 660. The first-order valence-corrected chi connectivity index (χ1v) is 5.93. The average molecular weight is 232 g/mol. The molecular weight excluding hydrogens is 219 g/mol. The molecule has 1 aliphatic carbocycles. The minimum Gasteiger partial charge on any atom is -0.318 e. The molecule has 0 bridgehead atoms. The second kappa shape index (κ2) is 3.65. The zero-order valence-electron chi connectivity index (χ0n) is 9.64. The second-order valence-electron chi connectivity index (χ2n) is 4.44. The van der Waals surface area contributed by atoms with Gasteiger partial charge in [-0.25, -0.2) is 4.39 Å². The summed E-state index contributed by atoms with van der Waals surface area (Å²) < 4.78 is 14.1. The number of nitrogens with one attached hydrogen (secondary N) is 1. The maximum Gasteiger partial charge on any atom is 0.252 e. The van der Waals surface area contributed by atoms with Crippen LogP contribution in [0.4, 0.5) is 4.39 Å². The summed E-state index contributed by atoms with van der Waals surface area (Å²) in [6, 6.07) is 0. The van der Waals surface area contributed by atoms with Crippen LogP contribution in [0, 0.1) is 5.82 Å². The molecule has 0 amide bonds. The Hall–Kier alpha value is -1.71. The quantitative estimate of drug-likeness (QED) is 0.818. The normalized spacial score (nSPS) is 14.2. The molecule has 2 heterocycles. The van der Waals surface area contributed by atoms with E-state index in [9.17, 15) is 9.18 Å². The lowest BCUT2D eigenvalue weighted by Gasteiger charge is -2.07. The van der Waals surface area contributed by atoms with Gasteiger partial charge in [-0.05, 0) is 31.2 Å². The minimum absolute atomic E-state index is 0.154. The van der Waals surface area contributed by atoms with Gasteiger partial charge in [0.15, 0.2) is 5.82 Å². The third-order valence-electron chi connectivity index (χ3n) is 3.48. The van der Waals surface area contributed by atoms with Crippen molar-refractivity contribution in [1.82, 2.24) is 9.97 Å². The Kier molecular flexibility index (Phi) is 2.24. The van der Waals surface area contributed by atoms with Crippen LogP contribution in [0.15, 0.2) is 11.0 Å². The molecule has 0 radical (unpaired) electrons. The zero-order chi connectivity index (χ0) is 12.0. The summed E-state index contributed by atoms with van der Waals surface area (Å²) in [5.41, 5.74) is 3.02. The third kappa shape index (κ3) is 1.40. The van der Waals surface area contributed by atoms with Crippen LogP contribution >= 0.6 is 0 Å². The molecule has 0 atom stereocenters. The van der Waals surface area contributed by atoms with Crippen LogP contribution in [-0.4, -0.2) is 9.97 Å². The van der Waals surface area contributed by atoms with Crippen molar-refractivity contribution in [3.05, 3.63) is 39.1 Å². The molecule has 0 spiro atoms. The maximum absolute atomic E-state index is 14.1. The number of fused-ring (bicyclic) bond motifs is 3. The highest BCUT2D eigenvalue weighted by molar-refractivity contribution is 5.80. The summed E-state index contributed by atoms with van der Waals surface area (Å²) in [7, 11) is 0. The topological polar surface area (TPSA) is 45.8 Å². The summed E-state index contributed by atoms with van der Waals surface area (Å²) in [6.45, 7) is 1.87. The van der Waals surface area contributed by atoms with Gasteiger partial charge in [-0.1, -0.05) is 6.92 Å². The SMILES string of the molecule is CCc1cnc2c3c(c(=O)[nH]c2c1F)CCC3. The van der Waals surface area contributed by atoms with Gasteiger partial charge in [0.2, 0.25) is 0 Å². The molecule has 17 heavy (non-hydrogen) atoms. The fraction of sp³-hybridized carbons (Fsp3) is 0.385. The van der Waals surface area contributed by atoms with Crippen molar-refractivity contribution in [2.24, 2.45) is 0 Å². The van der Waals surface area contributed by atoms with Crippen LogP contribution in [0.3, 0.4) is 0 Å². The summed E-state index contributed by atoms with van der Waals surface area (Å²) in [6.07, 6.45) is 4.71. The van der Waals surface area contributed by atoms with Gasteiger partial charge in [0.05, 0.1) is 5.52 Å². The summed E-state index contributed by atoms with van der Waals surface area (Å²) in [5, 5.41) is 0. The molecule has 0 aliphatic heterocycles. The standard InChI is InChI=1S/C13H13FN2O/c1-2-7-6-15-11-8-4-3-5-9(8)13(17)16-12(11)10(7)14/h6H,2-5H2,1H3,(H,16,17). The molecule has 3 rings (SSSR count). The van der Waals surface area contributed by atoms with Gasteiger partial charge in [-0.3, -0.25) is 9.78 Å². The van der Waals surface area contributed by atoms with E-state index in [0.29, 0.717) is 17.5 Å². The van der Waals surface area contributed by atoms with Crippen LogP contribution in [0.5, 0.6) is 0 Å². The monoisotopic (exact) mass is 232 g/mol.